The van der Waals surface area contributed by atoms with Gasteiger partial charge >= 0.3 is 5.97 Å². The molecule has 0 aromatic carbocycles. The molecule has 1 aliphatic heterocycles. The molecule has 1 fully saturated rings. The molecule has 0 radical (unpaired) electrons. The summed E-state index contributed by atoms with van der Waals surface area (Å²) >= 11 is 0. The van der Waals surface area contributed by atoms with Crippen LogP contribution in [0, 0.1) is 6.92 Å². The highest BCUT2D eigenvalue weighted by Gasteiger charge is 2.22. The Labute approximate surface area is 106 Å². The van der Waals surface area contributed by atoms with Gasteiger partial charge in [-0.05, 0) is 19.1 Å². The van der Waals surface area contributed by atoms with Crippen molar-refractivity contribution in [1.29, 1.82) is 0 Å². The van der Waals surface area contributed by atoms with Gasteiger partial charge in [0.1, 0.15) is 0 Å². The molecule has 0 saturated carbocycles. The van der Waals surface area contributed by atoms with E-state index in [4.69, 9.17) is 9.84 Å². The van der Waals surface area contributed by atoms with Crippen molar-refractivity contribution >= 4 is 5.97 Å². The highest BCUT2D eigenvalue weighted by molar-refractivity contribution is 5.67. The molecule has 0 bridgehead atoms. The Hall–Kier alpha value is -1.46. The molecule has 98 valence electrons. The van der Waals surface area contributed by atoms with Gasteiger partial charge in [0.15, 0.2) is 0 Å². The first-order valence-corrected chi connectivity index (χ1v) is 6.12. The zero-order valence-electron chi connectivity index (χ0n) is 10.5. The number of hydrogen-bond donors (Lipinski definition) is 1. The maximum absolute atomic E-state index is 10.7. The standard InChI is InChI=1S/C13H18N2O3/c1-10-3-2-4-11(14-10)8-15-5-6-18-12(9-15)7-13(16)17/h2-4,12H,5-9H2,1H3,(H,16,17). The predicted molar refractivity (Wildman–Crippen MR) is 66.2 cm³/mol. The number of hydrogen-bond acceptors (Lipinski definition) is 4. The van der Waals surface area contributed by atoms with Crippen LogP contribution in [0.1, 0.15) is 17.8 Å². The van der Waals surface area contributed by atoms with E-state index >= 15 is 0 Å². The molecule has 0 amide bonds. The van der Waals surface area contributed by atoms with Crippen molar-refractivity contribution in [3.05, 3.63) is 29.6 Å². The summed E-state index contributed by atoms with van der Waals surface area (Å²) in [5.41, 5.74) is 2.02. The van der Waals surface area contributed by atoms with Gasteiger partial charge in [0.05, 0.1) is 24.8 Å². The number of morpholine rings is 1. The summed E-state index contributed by atoms with van der Waals surface area (Å²) in [6, 6.07) is 5.96. The van der Waals surface area contributed by atoms with Gasteiger partial charge in [-0.25, -0.2) is 0 Å². The van der Waals surface area contributed by atoms with Gasteiger partial charge in [0.2, 0.25) is 0 Å². The second kappa shape index (κ2) is 5.93. The molecule has 1 aromatic heterocycles. The molecular formula is C13H18N2O3. The van der Waals surface area contributed by atoms with Crippen molar-refractivity contribution in [2.75, 3.05) is 19.7 Å². The highest BCUT2D eigenvalue weighted by Crippen LogP contribution is 2.11. The van der Waals surface area contributed by atoms with E-state index in [0.29, 0.717) is 13.2 Å². The molecule has 1 aliphatic rings. The summed E-state index contributed by atoms with van der Waals surface area (Å²) < 4.78 is 5.44. The van der Waals surface area contributed by atoms with Crippen LogP contribution in [0.15, 0.2) is 18.2 Å². The van der Waals surface area contributed by atoms with Crippen LogP contribution >= 0.6 is 0 Å². The molecule has 18 heavy (non-hydrogen) atoms. The zero-order valence-corrected chi connectivity index (χ0v) is 10.5. The maximum Gasteiger partial charge on any atom is 0.306 e. The first-order valence-electron chi connectivity index (χ1n) is 6.12. The van der Waals surface area contributed by atoms with Crippen LogP contribution in [-0.2, 0) is 16.1 Å². The second-order valence-corrected chi connectivity index (χ2v) is 4.60. The van der Waals surface area contributed by atoms with Gasteiger partial charge in [-0.15, -0.1) is 0 Å². The minimum absolute atomic E-state index is 0.0672. The van der Waals surface area contributed by atoms with Crippen molar-refractivity contribution in [2.45, 2.75) is 26.0 Å². The van der Waals surface area contributed by atoms with Gasteiger partial charge < -0.3 is 9.84 Å². The first-order chi connectivity index (χ1) is 8.63. The smallest absolute Gasteiger partial charge is 0.306 e. The van der Waals surface area contributed by atoms with Crippen molar-refractivity contribution in [3.63, 3.8) is 0 Å². The molecule has 1 saturated heterocycles. The van der Waals surface area contributed by atoms with Gasteiger partial charge in [-0.3, -0.25) is 14.7 Å². The van der Waals surface area contributed by atoms with E-state index in [1.807, 2.05) is 25.1 Å². The summed E-state index contributed by atoms with van der Waals surface area (Å²) in [5.74, 6) is -0.810. The van der Waals surface area contributed by atoms with E-state index in [0.717, 1.165) is 24.5 Å². The van der Waals surface area contributed by atoms with E-state index in [-0.39, 0.29) is 12.5 Å². The van der Waals surface area contributed by atoms with E-state index in [2.05, 4.69) is 9.88 Å². The normalized spacial score (nSPS) is 20.8. The van der Waals surface area contributed by atoms with Crippen LogP contribution in [-0.4, -0.2) is 46.8 Å². The van der Waals surface area contributed by atoms with Crippen LogP contribution in [0.5, 0.6) is 0 Å². The Bertz CT molecular complexity index is 422. The molecule has 1 atom stereocenters. The van der Waals surface area contributed by atoms with E-state index in [9.17, 15) is 4.79 Å². The van der Waals surface area contributed by atoms with Crippen LogP contribution in [0.4, 0.5) is 0 Å². The molecule has 1 N–H and O–H groups in total. The predicted octanol–water partition coefficient (Wildman–Crippen LogP) is 1.07. The number of carboxylic acid groups (broad SMARTS) is 1. The molecule has 2 rings (SSSR count). The van der Waals surface area contributed by atoms with Crippen LogP contribution in [0.3, 0.4) is 0 Å². The maximum atomic E-state index is 10.7. The fourth-order valence-corrected chi connectivity index (χ4v) is 2.16. The third-order valence-corrected chi connectivity index (χ3v) is 2.96. The minimum Gasteiger partial charge on any atom is -0.481 e. The Balaban J connectivity index is 1.91. The lowest BCUT2D eigenvalue weighted by atomic mass is 10.2. The number of nitrogens with zero attached hydrogens (tertiary/aromatic N) is 2. The Morgan fingerprint density at radius 2 is 2.44 bits per heavy atom. The molecule has 1 aromatic rings. The number of aliphatic carboxylic acids is 1. The van der Waals surface area contributed by atoms with Crippen LogP contribution in [0.2, 0.25) is 0 Å². The van der Waals surface area contributed by atoms with E-state index < -0.39 is 5.97 Å². The summed E-state index contributed by atoms with van der Waals surface area (Å²) in [5, 5.41) is 8.77. The molecule has 5 nitrogen and oxygen atoms in total. The summed E-state index contributed by atoms with van der Waals surface area (Å²) in [4.78, 5) is 17.3. The van der Waals surface area contributed by atoms with Crippen LogP contribution < -0.4 is 0 Å². The Morgan fingerprint density at radius 3 is 3.17 bits per heavy atom. The Morgan fingerprint density at radius 1 is 1.61 bits per heavy atom. The van der Waals surface area contributed by atoms with Crippen molar-refractivity contribution < 1.29 is 14.6 Å². The number of ether oxygens (including phenoxy) is 1. The molecule has 2 heterocycles. The fourth-order valence-electron chi connectivity index (χ4n) is 2.16. The van der Waals surface area contributed by atoms with Gasteiger partial charge in [-0.1, -0.05) is 6.07 Å². The van der Waals surface area contributed by atoms with Crippen LogP contribution in [0.25, 0.3) is 0 Å². The number of carboxylic acids is 1. The van der Waals surface area contributed by atoms with Crippen molar-refractivity contribution in [1.82, 2.24) is 9.88 Å². The number of aromatic nitrogens is 1. The summed E-state index contributed by atoms with van der Waals surface area (Å²) in [6.45, 7) is 4.79. The van der Waals surface area contributed by atoms with Gasteiger partial charge in [0, 0.05) is 25.3 Å². The highest BCUT2D eigenvalue weighted by atomic mass is 16.5. The average molecular weight is 250 g/mol. The summed E-state index contributed by atoms with van der Waals surface area (Å²) in [7, 11) is 0. The fraction of sp³-hybridized carbons (Fsp3) is 0.538. The lowest BCUT2D eigenvalue weighted by Gasteiger charge is -2.32. The molecule has 0 spiro atoms. The third kappa shape index (κ3) is 3.78. The zero-order chi connectivity index (χ0) is 13.0. The quantitative estimate of drug-likeness (QED) is 0.866. The topological polar surface area (TPSA) is 62.7 Å². The summed E-state index contributed by atoms with van der Waals surface area (Å²) in [6.07, 6.45) is -0.140. The first kappa shape index (κ1) is 13.0. The third-order valence-electron chi connectivity index (χ3n) is 2.96. The largest absolute Gasteiger partial charge is 0.481 e. The SMILES string of the molecule is Cc1cccc(CN2CCOC(CC(=O)O)C2)n1. The monoisotopic (exact) mass is 250 g/mol. The van der Waals surface area contributed by atoms with Gasteiger partial charge in [0.25, 0.3) is 0 Å². The number of pyridine rings is 1. The molecule has 1 unspecified atom stereocenters. The van der Waals surface area contributed by atoms with Crippen molar-refractivity contribution in [2.24, 2.45) is 0 Å². The molecule has 0 aliphatic carbocycles. The molecule has 5 heteroatoms. The van der Waals surface area contributed by atoms with Crippen molar-refractivity contribution in [3.8, 4) is 0 Å². The number of rotatable bonds is 4. The van der Waals surface area contributed by atoms with E-state index in [1.54, 1.807) is 0 Å². The Kier molecular flexibility index (Phi) is 4.28. The average Bonchev–Trinajstić information content (AvgIpc) is 2.28. The lowest BCUT2D eigenvalue weighted by Crippen LogP contribution is -2.42. The van der Waals surface area contributed by atoms with Gasteiger partial charge in [-0.2, -0.15) is 0 Å². The molecular weight excluding hydrogens is 232 g/mol. The second-order valence-electron chi connectivity index (χ2n) is 4.60. The lowest BCUT2D eigenvalue weighted by molar-refractivity contribution is -0.142. The minimum atomic E-state index is -0.810. The number of aryl methyl sites for hydroxylation is 1. The number of carbonyl (C=O) groups is 1. The van der Waals surface area contributed by atoms with E-state index in [1.165, 1.54) is 0 Å².